The van der Waals surface area contributed by atoms with Crippen LogP contribution in [0.2, 0.25) is 0 Å². The van der Waals surface area contributed by atoms with E-state index in [0.717, 1.165) is 18.8 Å². The molecule has 0 aliphatic carbocycles. The lowest BCUT2D eigenvalue weighted by Gasteiger charge is -2.39. The second-order valence-corrected chi connectivity index (χ2v) is 7.43. The molecule has 2 amide bonds. The van der Waals surface area contributed by atoms with Crippen molar-refractivity contribution in [2.75, 3.05) is 50.7 Å². The Morgan fingerprint density at radius 1 is 1.07 bits per heavy atom. The fourth-order valence-corrected chi connectivity index (χ4v) is 4.03. The third kappa shape index (κ3) is 4.09. The Morgan fingerprint density at radius 3 is 2.41 bits per heavy atom. The number of aromatic nitrogens is 2. The van der Waals surface area contributed by atoms with Gasteiger partial charge >= 0.3 is 12.1 Å². The van der Waals surface area contributed by atoms with Gasteiger partial charge in [-0.15, -0.1) is 0 Å². The van der Waals surface area contributed by atoms with Gasteiger partial charge in [0.2, 0.25) is 6.10 Å². The van der Waals surface area contributed by atoms with Crippen LogP contribution < -0.4 is 4.90 Å². The molecule has 3 aliphatic heterocycles. The number of hydrogen-bond donors (Lipinski definition) is 1. The van der Waals surface area contributed by atoms with E-state index >= 15 is 0 Å². The van der Waals surface area contributed by atoms with E-state index in [1.807, 2.05) is 11.1 Å². The molecule has 1 N–H and O–H groups in total. The molecule has 3 aliphatic rings. The van der Waals surface area contributed by atoms with Crippen LogP contribution in [0.3, 0.4) is 0 Å². The predicted molar refractivity (Wildman–Crippen MR) is 99.7 cm³/mol. The molecule has 0 radical (unpaired) electrons. The van der Waals surface area contributed by atoms with Crippen molar-refractivity contribution >= 4 is 23.7 Å². The molecule has 3 saturated heterocycles. The average molecular weight is 404 g/mol. The molecule has 0 aromatic carbocycles. The highest BCUT2D eigenvalue weighted by molar-refractivity contribution is 5.86. The summed E-state index contributed by atoms with van der Waals surface area (Å²) in [6.45, 7) is 3.64. The molecule has 1 atom stereocenters. The standard InChI is InChI=1S/C18H24N6O5/c25-16(22-5-2-13(3-6-22)17(26)27)15-12-24(18(28)29-15)23-9-7-21(8-10-23)14-1-4-19-20-11-14/h1,4,11,13,15H,2-3,5-10,12H2,(H,26,27). The Balaban J connectivity index is 1.29. The van der Waals surface area contributed by atoms with Crippen LogP contribution in [0.25, 0.3) is 0 Å². The van der Waals surface area contributed by atoms with E-state index in [9.17, 15) is 14.4 Å². The second kappa shape index (κ2) is 8.19. The number of carboxylic acids is 1. The van der Waals surface area contributed by atoms with Gasteiger partial charge in [0.15, 0.2) is 0 Å². The van der Waals surface area contributed by atoms with E-state index in [2.05, 4.69) is 15.1 Å². The predicted octanol–water partition coefficient (Wildman–Crippen LogP) is -0.342. The van der Waals surface area contributed by atoms with E-state index in [-0.39, 0.29) is 12.5 Å². The monoisotopic (exact) mass is 404 g/mol. The van der Waals surface area contributed by atoms with Gasteiger partial charge in [-0.05, 0) is 18.9 Å². The van der Waals surface area contributed by atoms with E-state index in [1.165, 1.54) is 5.01 Å². The number of likely N-dealkylation sites (tertiary alicyclic amines) is 1. The fourth-order valence-electron chi connectivity index (χ4n) is 4.03. The van der Waals surface area contributed by atoms with Crippen molar-refractivity contribution in [1.29, 1.82) is 0 Å². The molecule has 4 rings (SSSR count). The lowest BCUT2D eigenvalue weighted by Crippen LogP contribution is -2.54. The molecule has 3 fully saturated rings. The molecule has 1 unspecified atom stereocenters. The lowest BCUT2D eigenvalue weighted by molar-refractivity contribution is -0.147. The minimum Gasteiger partial charge on any atom is -0.481 e. The summed E-state index contributed by atoms with van der Waals surface area (Å²) in [7, 11) is 0. The first-order valence-corrected chi connectivity index (χ1v) is 9.79. The number of cyclic esters (lactones) is 1. The first-order chi connectivity index (χ1) is 14.0. The van der Waals surface area contributed by atoms with Gasteiger partial charge in [-0.1, -0.05) is 0 Å². The van der Waals surface area contributed by atoms with Crippen LogP contribution in [0.4, 0.5) is 10.5 Å². The third-order valence-electron chi connectivity index (χ3n) is 5.76. The molecule has 0 bridgehead atoms. The Bertz CT molecular complexity index is 761. The van der Waals surface area contributed by atoms with Gasteiger partial charge < -0.3 is 19.6 Å². The topological polar surface area (TPSA) is 119 Å². The van der Waals surface area contributed by atoms with Crippen LogP contribution in [0.1, 0.15) is 12.8 Å². The number of anilines is 1. The van der Waals surface area contributed by atoms with Crippen LogP contribution in [0, 0.1) is 5.92 Å². The maximum atomic E-state index is 12.7. The van der Waals surface area contributed by atoms with Gasteiger partial charge in [0, 0.05) is 39.3 Å². The normalized spacial score (nSPS) is 23.9. The number of hydrazine groups is 1. The van der Waals surface area contributed by atoms with E-state index in [4.69, 9.17) is 9.84 Å². The Morgan fingerprint density at radius 2 is 1.79 bits per heavy atom. The number of amides is 2. The number of carbonyl (C=O) groups excluding carboxylic acids is 2. The molecule has 11 heteroatoms. The number of hydrogen-bond acceptors (Lipinski definition) is 8. The summed E-state index contributed by atoms with van der Waals surface area (Å²) in [5.74, 6) is -1.47. The summed E-state index contributed by atoms with van der Waals surface area (Å²) in [4.78, 5) is 39.9. The van der Waals surface area contributed by atoms with Gasteiger partial charge in [-0.25, -0.2) is 14.8 Å². The number of rotatable bonds is 4. The molecule has 156 valence electrons. The highest BCUT2D eigenvalue weighted by Gasteiger charge is 2.42. The maximum Gasteiger partial charge on any atom is 0.425 e. The second-order valence-electron chi connectivity index (χ2n) is 7.43. The van der Waals surface area contributed by atoms with Crippen LogP contribution in [0.15, 0.2) is 18.5 Å². The van der Waals surface area contributed by atoms with Crippen LogP contribution >= 0.6 is 0 Å². The molecule has 1 aromatic heterocycles. The van der Waals surface area contributed by atoms with E-state index in [0.29, 0.717) is 39.0 Å². The van der Waals surface area contributed by atoms with Gasteiger partial charge in [-0.3, -0.25) is 9.59 Å². The molecule has 0 spiro atoms. The van der Waals surface area contributed by atoms with E-state index < -0.39 is 24.1 Å². The summed E-state index contributed by atoms with van der Waals surface area (Å²) in [5.41, 5.74) is 0.987. The Hall–Kier alpha value is -2.95. The molecule has 1 aromatic rings. The number of ether oxygens (including phenoxy) is 1. The van der Waals surface area contributed by atoms with Crippen LogP contribution in [0.5, 0.6) is 0 Å². The summed E-state index contributed by atoms with van der Waals surface area (Å²) < 4.78 is 5.33. The SMILES string of the molecule is O=C(O)C1CCN(C(=O)C2CN(N3CCN(c4ccnnc4)CC3)C(=O)O2)CC1. The van der Waals surface area contributed by atoms with Crippen molar-refractivity contribution < 1.29 is 24.2 Å². The van der Waals surface area contributed by atoms with Gasteiger partial charge in [0.05, 0.1) is 30.5 Å². The van der Waals surface area contributed by atoms with Crippen LogP contribution in [-0.4, -0.2) is 100 Å². The van der Waals surface area contributed by atoms with Crippen molar-refractivity contribution in [3.8, 4) is 0 Å². The van der Waals surface area contributed by atoms with Gasteiger partial charge in [0.25, 0.3) is 5.91 Å². The number of carboxylic acid groups (broad SMARTS) is 1. The van der Waals surface area contributed by atoms with Gasteiger partial charge in [0.1, 0.15) is 0 Å². The first kappa shape index (κ1) is 19.4. The van der Waals surface area contributed by atoms with Crippen molar-refractivity contribution in [1.82, 2.24) is 25.1 Å². The van der Waals surface area contributed by atoms with Crippen molar-refractivity contribution in [3.05, 3.63) is 18.5 Å². The Kier molecular flexibility index (Phi) is 5.47. The van der Waals surface area contributed by atoms with Crippen LogP contribution in [-0.2, 0) is 14.3 Å². The average Bonchev–Trinajstić information content (AvgIpc) is 3.15. The smallest absolute Gasteiger partial charge is 0.425 e. The molecule has 0 saturated carbocycles. The zero-order valence-electron chi connectivity index (χ0n) is 16.0. The maximum absolute atomic E-state index is 12.7. The number of piperidine rings is 1. The number of carbonyl (C=O) groups is 3. The number of nitrogens with zero attached hydrogens (tertiary/aromatic N) is 6. The number of aliphatic carboxylic acids is 1. The third-order valence-corrected chi connectivity index (χ3v) is 5.76. The zero-order chi connectivity index (χ0) is 20.4. The summed E-state index contributed by atoms with van der Waals surface area (Å²) >= 11 is 0. The Labute approximate surface area is 167 Å². The summed E-state index contributed by atoms with van der Waals surface area (Å²) in [5, 5.41) is 20.2. The van der Waals surface area contributed by atoms with Gasteiger partial charge in [-0.2, -0.15) is 10.2 Å². The molecular formula is C18H24N6O5. The van der Waals surface area contributed by atoms with Crippen molar-refractivity contribution in [2.45, 2.75) is 18.9 Å². The summed E-state index contributed by atoms with van der Waals surface area (Å²) in [6, 6.07) is 1.90. The highest BCUT2D eigenvalue weighted by atomic mass is 16.6. The van der Waals surface area contributed by atoms with Crippen molar-refractivity contribution in [3.63, 3.8) is 0 Å². The fraction of sp³-hybridized carbons (Fsp3) is 0.611. The lowest BCUT2D eigenvalue weighted by atomic mass is 9.97. The molecule has 4 heterocycles. The minimum absolute atomic E-state index is 0.188. The highest BCUT2D eigenvalue weighted by Crippen LogP contribution is 2.23. The molecule has 29 heavy (non-hydrogen) atoms. The van der Waals surface area contributed by atoms with Crippen molar-refractivity contribution in [2.24, 2.45) is 5.92 Å². The quantitative estimate of drug-likeness (QED) is 0.718. The molecule has 11 nitrogen and oxygen atoms in total. The molecular weight excluding hydrogens is 380 g/mol. The minimum atomic E-state index is -0.841. The number of piperazine rings is 1. The summed E-state index contributed by atoms with van der Waals surface area (Å²) in [6.07, 6.45) is 2.86. The zero-order valence-corrected chi connectivity index (χ0v) is 16.0. The van der Waals surface area contributed by atoms with E-state index in [1.54, 1.807) is 17.3 Å². The largest absolute Gasteiger partial charge is 0.481 e. The first-order valence-electron chi connectivity index (χ1n) is 9.79.